The van der Waals surface area contributed by atoms with Crippen LogP contribution in [0.4, 0.5) is 0 Å². The van der Waals surface area contributed by atoms with E-state index < -0.39 is 17.7 Å². The molecule has 1 aromatic carbocycles. The molecule has 1 unspecified atom stereocenters. The highest BCUT2D eigenvalue weighted by molar-refractivity contribution is 6.46. The number of aliphatic hydroxyl groups excluding tert-OH is 1. The van der Waals surface area contributed by atoms with Crippen LogP contribution in [0.25, 0.3) is 5.76 Å². The van der Waals surface area contributed by atoms with Gasteiger partial charge in [-0.05, 0) is 36.2 Å². The summed E-state index contributed by atoms with van der Waals surface area (Å²) in [6, 6.07) is 7.88. The molecule has 1 amide bonds. The number of ketones is 1. The van der Waals surface area contributed by atoms with Gasteiger partial charge in [-0.25, -0.2) is 0 Å². The van der Waals surface area contributed by atoms with E-state index in [0.717, 1.165) is 19.3 Å². The summed E-state index contributed by atoms with van der Waals surface area (Å²) in [6.07, 6.45) is 5.99. The summed E-state index contributed by atoms with van der Waals surface area (Å²) >= 11 is 0. The SMILES string of the molecule is CCCCCN1C(=O)C(=O)/C(=C(\O)c2ccc3c(c2)OCCO3)C1c1cccnc1. The quantitative estimate of drug-likeness (QED) is 0.341. The highest BCUT2D eigenvalue weighted by Gasteiger charge is 2.45. The van der Waals surface area contributed by atoms with Gasteiger partial charge in [-0.2, -0.15) is 0 Å². The zero-order valence-corrected chi connectivity index (χ0v) is 16.8. The Morgan fingerprint density at radius 1 is 1.17 bits per heavy atom. The van der Waals surface area contributed by atoms with Crippen molar-refractivity contribution in [2.75, 3.05) is 19.8 Å². The fourth-order valence-electron chi connectivity index (χ4n) is 3.87. The minimum Gasteiger partial charge on any atom is -0.507 e. The van der Waals surface area contributed by atoms with E-state index in [1.165, 1.54) is 0 Å². The van der Waals surface area contributed by atoms with Crippen molar-refractivity contribution >= 4 is 17.4 Å². The third kappa shape index (κ3) is 3.63. The summed E-state index contributed by atoms with van der Waals surface area (Å²) in [4.78, 5) is 31.5. The number of unbranched alkanes of at least 4 members (excludes halogenated alkanes) is 2. The first kappa shape index (κ1) is 19.9. The number of nitrogens with zero attached hydrogens (tertiary/aromatic N) is 2. The number of carbonyl (C=O) groups is 2. The molecule has 2 aliphatic heterocycles. The molecule has 156 valence electrons. The first-order valence-corrected chi connectivity index (χ1v) is 10.2. The van der Waals surface area contributed by atoms with Crippen LogP contribution in [0.5, 0.6) is 11.5 Å². The van der Waals surface area contributed by atoms with E-state index in [0.29, 0.717) is 42.4 Å². The number of aromatic nitrogens is 1. The maximum absolute atomic E-state index is 13.0. The van der Waals surface area contributed by atoms with Gasteiger partial charge in [0.05, 0.1) is 11.6 Å². The van der Waals surface area contributed by atoms with Gasteiger partial charge in [0, 0.05) is 24.5 Å². The van der Waals surface area contributed by atoms with Gasteiger partial charge in [0.25, 0.3) is 11.7 Å². The molecule has 2 aromatic rings. The smallest absolute Gasteiger partial charge is 0.295 e. The summed E-state index contributed by atoms with van der Waals surface area (Å²) in [7, 11) is 0. The number of pyridine rings is 1. The lowest BCUT2D eigenvalue weighted by molar-refractivity contribution is -0.139. The molecular weight excluding hydrogens is 384 g/mol. The van der Waals surface area contributed by atoms with Crippen LogP contribution in [0.3, 0.4) is 0 Å². The van der Waals surface area contributed by atoms with Crippen molar-refractivity contribution in [2.24, 2.45) is 0 Å². The maximum Gasteiger partial charge on any atom is 0.295 e. The van der Waals surface area contributed by atoms with E-state index in [1.807, 2.05) is 6.07 Å². The zero-order chi connectivity index (χ0) is 21.1. The van der Waals surface area contributed by atoms with Gasteiger partial charge < -0.3 is 19.5 Å². The van der Waals surface area contributed by atoms with Crippen molar-refractivity contribution in [1.82, 2.24) is 9.88 Å². The third-order valence-corrected chi connectivity index (χ3v) is 5.36. The molecule has 1 fully saturated rings. The van der Waals surface area contributed by atoms with Crippen LogP contribution >= 0.6 is 0 Å². The second-order valence-corrected chi connectivity index (χ2v) is 7.34. The molecule has 1 saturated heterocycles. The molecule has 4 rings (SSSR count). The van der Waals surface area contributed by atoms with Gasteiger partial charge in [-0.3, -0.25) is 14.6 Å². The molecular formula is C23H24N2O5. The molecule has 1 N–H and O–H groups in total. The predicted octanol–water partition coefficient (Wildman–Crippen LogP) is 3.46. The van der Waals surface area contributed by atoms with Crippen LogP contribution in [0.15, 0.2) is 48.3 Å². The van der Waals surface area contributed by atoms with Gasteiger partial charge in [-0.15, -0.1) is 0 Å². The van der Waals surface area contributed by atoms with E-state index in [4.69, 9.17) is 9.47 Å². The van der Waals surface area contributed by atoms with Crippen molar-refractivity contribution in [3.63, 3.8) is 0 Å². The number of benzene rings is 1. The Bertz CT molecular complexity index is 986. The Hall–Kier alpha value is -3.35. The van der Waals surface area contributed by atoms with Crippen LogP contribution in [0.1, 0.15) is 43.4 Å². The van der Waals surface area contributed by atoms with E-state index in [1.54, 1.807) is 41.6 Å². The number of likely N-dealkylation sites (tertiary alicyclic amines) is 1. The monoisotopic (exact) mass is 408 g/mol. The van der Waals surface area contributed by atoms with Crippen LogP contribution in [0.2, 0.25) is 0 Å². The minimum atomic E-state index is -0.687. The average Bonchev–Trinajstić information content (AvgIpc) is 3.04. The van der Waals surface area contributed by atoms with Gasteiger partial charge >= 0.3 is 0 Å². The largest absolute Gasteiger partial charge is 0.507 e. The Labute approximate surface area is 174 Å². The normalized spacial score (nSPS) is 19.9. The van der Waals surface area contributed by atoms with Crippen molar-refractivity contribution in [3.05, 3.63) is 59.4 Å². The molecule has 3 heterocycles. The summed E-state index contributed by atoms with van der Waals surface area (Å²) in [6.45, 7) is 3.39. The molecule has 0 bridgehead atoms. The lowest BCUT2D eigenvalue weighted by atomic mass is 9.96. The molecule has 1 atom stereocenters. The second-order valence-electron chi connectivity index (χ2n) is 7.34. The van der Waals surface area contributed by atoms with Gasteiger partial charge in [-0.1, -0.05) is 25.8 Å². The topological polar surface area (TPSA) is 89.0 Å². The van der Waals surface area contributed by atoms with Crippen molar-refractivity contribution in [1.29, 1.82) is 0 Å². The Morgan fingerprint density at radius 2 is 1.97 bits per heavy atom. The molecule has 30 heavy (non-hydrogen) atoms. The highest BCUT2D eigenvalue weighted by Crippen LogP contribution is 2.40. The number of rotatable bonds is 6. The van der Waals surface area contributed by atoms with E-state index in [-0.39, 0.29) is 11.3 Å². The molecule has 0 aliphatic carbocycles. The number of carbonyl (C=O) groups excluding carboxylic acids is 2. The molecule has 0 radical (unpaired) electrons. The maximum atomic E-state index is 13.0. The first-order valence-electron chi connectivity index (χ1n) is 10.2. The number of amides is 1. The fourth-order valence-corrected chi connectivity index (χ4v) is 3.87. The second kappa shape index (κ2) is 8.57. The number of Topliss-reactive ketones (excluding diaryl/α,β-unsaturated/α-hetero) is 1. The standard InChI is InChI=1S/C23H24N2O5/c1-2-3-4-10-25-20(16-6-5-9-24-14-16)19(22(27)23(25)28)21(26)15-7-8-17-18(13-15)30-12-11-29-17/h5-9,13-14,20,26H,2-4,10-12H2,1H3/b21-19-. The van der Waals surface area contributed by atoms with Gasteiger partial charge in [0.1, 0.15) is 19.0 Å². The van der Waals surface area contributed by atoms with Crippen molar-refractivity contribution < 1.29 is 24.2 Å². The Morgan fingerprint density at radius 3 is 2.70 bits per heavy atom. The lowest BCUT2D eigenvalue weighted by Gasteiger charge is -2.25. The van der Waals surface area contributed by atoms with Crippen LogP contribution < -0.4 is 9.47 Å². The van der Waals surface area contributed by atoms with Crippen molar-refractivity contribution in [2.45, 2.75) is 32.2 Å². The van der Waals surface area contributed by atoms with E-state index in [9.17, 15) is 14.7 Å². The zero-order valence-electron chi connectivity index (χ0n) is 16.8. The number of hydrogen-bond donors (Lipinski definition) is 1. The molecule has 0 spiro atoms. The van der Waals surface area contributed by atoms with Crippen LogP contribution in [-0.2, 0) is 9.59 Å². The van der Waals surface area contributed by atoms with Crippen LogP contribution in [-0.4, -0.2) is 46.4 Å². The molecule has 7 nitrogen and oxygen atoms in total. The number of aliphatic hydroxyl groups is 1. The Kier molecular flexibility index (Phi) is 5.70. The lowest BCUT2D eigenvalue weighted by Crippen LogP contribution is -2.30. The highest BCUT2D eigenvalue weighted by atomic mass is 16.6. The van der Waals surface area contributed by atoms with E-state index in [2.05, 4.69) is 11.9 Å². The third-order valence-electron chi connectivity index (χ3n) is 5.36. The van der Waals surface area contributed by atoms with Gasteiger partial charge in [0.2, 0.25) is 0 Å². The fraction of sp³-hybridized carbons (Fsp3) is 0.348. The minimum absolute atomic E-state index is 0.0705. The summed E-state index contributed by atoms with van der Waals surface area (Å²) in [5, 5.41) is 11.1. The molecule has 1 aromatic heterocycles. The predicted molar refractivity (Wildman–Crippen MR) is 110 cm³/mol. The number of hydrogen-bond acceptors (Lipinski definition) is 6. The Balaban J connectivity index is 1.79. The summed E-state index contributed by atoms with van der Waals surface area (Å²) in [5.41, 5.74) is 1.16. The van der Waals surface area contributed by atoms with Crippen molar-refractivity contribution in [3.8, 4) is 11.5 Å². The molecule has 7 heteroatoms. The number of fused-ring (bicyclic) bond motifs is 1. The van der Waals surface area contributed by atoms with Crippen LogP contribution in [0, 0.1) is 0 Å². The first-order chi connectivity index (χ1) is 14.6. The summed E-state index contributed by atoms with van der Waals surface area (Å²) in [5.74, 6) is -0.425. The molecule has 0 saturated carbocycles. The molecule has 2 aliphatic rings. The van der Waals surface area contributed by atoms with E-state index >= 15 is 0 Å². The average molecular weight is 408 g/mol. The summed E-state index contributed by atoms with van der Waals surface area (Å²) < 4.78 is 11.1. The van der Waals surface area contributed by atoms with Gasteiger partial charge in [0.15, 0.2) is 11.5 Å². The number of ether oxygens (including phenoxy) is 2.